The van der Waals surface area contributed by atoms with Crippen LogP contribution in [-0.4, -0.2) is 45.4 Å². The topological polar surface area (TPSA) is 77.3 Å². The lowest BCUT2D eigenvalue weighted by atomic mass is 10.2. The van der Waals surface area contributed by atoms with Crippen molar-refractivity contribution in [2.24, 2.45) is 0 Å². The van der Waals surface area contributed by atoms with Crippen LogP contribution in [0.1, 0.15) is 22.8 Å². The number of esters is 1. The number of nitrogens with zero attached hydrogens (tertiary/aromatic N) is 4. The number of benzene rings is 2. The molecule has 3 rings (SSSR count). The molecule has 3 aromatic rings. The lowest BCUT2D eigenvalue weighted by molar-refractivity contribution is -0.133. The van der Waals surface area contributed by atoms with E-state index >= 15 is 0 Å². The van der Waals surface area contributed by atoms with Gasteiger partial charge in [0.1, 0.15) is 11.3 Å². The first-order valence-corrected chi connectivity index (χ1v) is 8.47. The van der Waals surface area contributed by atoms with Gasteiger partial charge in [0.15, 0.2) is 6.61 Å². The van der Waals surface area contributed by atoms with Crippen molar-refractivity contribution in [3.05, 3.63) is 59.4 Å². The summed E-state index contributed by atoms with van der Waals surface area (Å²) in [5, 5.41) is 7.99. The standard InChI is InChI=1S/C19H19FN4O3/c1-3-24-17-9-8-13(10-16(17)21-22-24)19(26)27-12-18(25)23(2)11-14-6-4-5-7-15(14)20/h4-10H,3,11-12H2,1-2H3. The first kappa shape index (κ1) is 18.5. The lowest BCUT2D eigenvalue weighted by Gasteiger charge is -2.17. The first-order valence-electron chi connectivity index (χ1n) is 8.47. The summed E-state index contributed by atoms with van der Waals surface area (Å²) in [6.45, 7) is 2.28. The Bertz CT molecular complexity index is 986. The minimum absolute atomic E-state index is 0.0924. The Balaban J connectivity index is 1.59. The van der Waals surface area contributed by atoms with Crippen LogP contribution in [0.4, 0.5) is 4.39 Å². The second-order valence-corrected chi connectivity index (χ2v) is 6.03. The van der Waals surface area contributed by atoms with E-state index in [-0.39, 0.29) is 17.9 Å². The summed E-state index contributed by atoms with van der Waals surface area (Å²) in [5.74, 6) is -1.44. The van der Waals surface area contributed by atoms with E-state index in [4.69, 9.17) is 4.74 Å². The number of carbonyl (C=O) groups excluding carboxylic acids is 2. The van der Waals surface area contributed by atoms with Gasteiger partial charge in [0, 0.05) is 25.7 Å². The third kappa shape index (κ3) is 4.11. The molecule has 0 spiro atoms. The number of hydrogen-bond acceptors (Lipinski definition) is 5. The molecule has 1 heterocycles. The number of aromatic nitrogens is 3. The van der Waals surface area contributed by atoms with E-state index in [2.05, 4.69) is 10.3 Å². The second-order valence-electron chi connectivity index (χ2n) is 6.03. The van der Waals surface area contributed by atoms with Crippen LogP contribution in [-0.2, 0) is 22.6 Å². The van der Waals surface area contributed by atoms with Crippen LogP contribution in [0.3, 0.4) is 0 Å². The molecule has 0 radical (unpaired) electrons. The summed E-state index contributed by atoms with van der Waals surface area (Å²) in [6, 6.07) is 11.1. The molecule has 7 nitrogen and oxygen atoms in total. The molecule has 27 heavy (non-hydrogen) atoms. The summed E-state index contributed by atoms with van der Waals surface area (Å²) < 4.78 is 20.5. The van der Waals surface area contributed by atoms with E-state index in [1.165, 1.54) is 18.0 Å². The van der Waals surface area contributed by atoms with E-state index in [1.807, 2.05) is 6.92 Å². The Hall–Kier alpha value is -3.29. The van der Waals surface area contributed by atoms with Gasteiger partial charge in [-0.25, -0.2) is 13.9 Å². The van der Waals surface area contributed by atoms with E-state index < -0.39 is 18.5 Å². The smallest absolute Gasteiger partial charge is 0.338 e. The molecular formula is C19H19FN4O3. The van der Waals surface area contributed by atoms with E-state index in [9.17, 15) is 14.0 Å². The minimum atomic E-state index is -0.629. The van der Waals surface area contributed by atoms with Crippen molar-refractivity contribution >= 4 is 22.9 Å². The Morgan fingerprint density at radius 1 is 1.22 bits per heavy atom. The molecule has 0 saturated carbocycles. The highest BCUT2D eigenvalue weighted by atomic mass is 19.1. The van der Waals surface area contributed by atoms with Gasteiger partial charge in [-0.05, 0) is 31.2 Å². The summed E-state index contributed by atoms with van der Waals surface area (Å²) in [6.07, 6.45) is 0. The van der Waals surface area contributed by atoms with Crippen molar-refractivity contribution in [3.63, 3.8) is 0 Å². The summed E-state index contributed by atoms with van der Waals surface area (Å²) in [4.78, 5) is 25.7. The van der Waals surface area contributed by atoms with Gasteiger partial charge in [0.25, 0.3) is 5.91 Å². The fraction of sp³-hybridized carbons (Fsp3) is 0.263. The van der Waals surface area contributed by atoms with E-state index in [0.29, 0.717) is 17.6 Å². The van der Waals surface area contributed by atoms with Crippen molar-refractivity contribution in [2.45, 2.75) is 20.0 Å². The average molecular weight is 370 g/mol. The average Bonchev–Trinajstić information content (AvgIpc) is 3.09. The maximum atomic E-state index is 13.7. The van der Waals surface area contributed by atoms with Gasteiger partial charge in [0.2, 0.25) is 0 Å². The molecule has 0 atom stereocenters. The number of aryl methyl sites for hydroxylation is 1. The second kappa shape index (κ2) is 7.94. The summed E-state index contributed by atoms with van der Waals surface area (Å²) >= 11 is 0. The van der Waals surface area contributed by atoms with E-state index in [0.717, 1.165) is 5.52 Å². The number of ether oxygens (including phenoxy) is 1. The fourth-order valence-corrected chi connectivity index (χ4v) is 2.62. The summed E-state index contributed by atoms with van der Waals surface area (Å²) in [7, 11) is 1.53. The van der Waals surface area contributed by atoms with Crippen LogP contribution >= 0.6 is 0 Å². The zero-order valence-electron chi connectivity index (χ0n) is 15.1. The highest BCUT2D eigenvalue weighted by Crippen LogP contribution is 2.14. The van der Waals surface area contributed by atoms with Crippen LogP contribution in [0.5, 0.6) is 0 Å². The molecule has 1 aromatic heterocycles. The molecule has 0 aliphatic carbocycles. The fourth-order valence-electron chi connectivity index (χ4n) is 2.62. The third-order valence-electron chi connectivity index (χ3n) is 4.17. The number of likely N-dealkylation sites (N-methyl/N-ethyl adjacent to an activating group) is 1. The van der Waals surface area contributed by atoms with Crippen LogP contribution in [0, 0.1) is 5.82 Å². The highest BCUT2D eigenvalue weighted by molar-refractivity contribution is 5.94. The van der Waals surface area contributed by atoms with Crippen molar-refractivity contribution in [1.29, 1.82) is 0 Å². The largest absolute Gasteiger partial charge is 0.452 e. The number of amides is 1. The zero-order chi connectivity index (χ0) is 19.4. The monoisotopic (exact) mass is 370 g/mol. The predicted octanol–water partition coefficient (Wildman–Crippen LogP) is 2.41. The first-order chi connectivity index (χ1) is 13.0. The van der Waals surface area contributed by atoms with Crippen molar-refractivity contribution in [2.75, 3.05) is 13.7 Å². The minimum Gasteiger partial charge on any atom is -0.452 e. The molecule has 0 N–H and O–H groups in total. The number of hydrogen-bond donors (Lipinski definition) is 0. The molecular weight excluding hydrogens is 351 g/mol. The maximum Gasteiger partial charge on any atom is 0.338 e. The Labute approximate surface area is 155 Å². The Morgan fingerprint density at radius 2 is 2.00 bits per heavy atom. The quantitative estimate of drug-likeness (QED) is 0.623. The Morgan fingerprint density at radius 3 is 2.74 bits per heavy atom. The third-order valence-corrected chi connectivity index (χ3v) is 4.17. The van der Waals surface area contributed by atoms with Gasteiger partial charge < -0.3 is 9.64 Å². The van der Waals surface area contributed by atoms with Gasteiger partial charge in [-0.1, -0.05) is 23.4 Å². The molecule has 0 aliphatic rings. The molecule has 1 amide bonds. The van der Waals surface area contributed by atoms with Gasteiger partial charge in [-0.15, -0.1) is 5.10 Å². The van der Waals surface area contributed by atoms with Crippen molar-refractivity contribution in [3.8, 4) is 0 Å². The molecule has 8 heteroatoms. The van der Waals surface area contributed by atoms with Crippen LogP contribution < -0.4 is 0 Å². The van der Waals surface area contributed by atoms with Gasteiger partial charge in [-0.3, -0.25) is 4.79 Å². The molecule has 0 aliphatic heterocycles. The number of carbonyl (C=O) groups is 2. The van der Waals surface area contributed by atoms with Gasteiger partial charge in [0.05, 0.1) is 11.1 Å². The van der Waals surface area contributed by atoms with Crippen molar-refractivity contribution < 1.29 is 18.7 Å². The Kier molecular flexibility index (Phi) is 5.44. The predicted molar refractivity (Wildman–Crippen MR) is 96.4 cm³/mol. The summed E-state index contributed by atoms with van der Waals surface area (Å²) in [5.41, 5.74) is 2.07. The van der Waals surface area contributed by atoms with Crippen LogP contribution in [0.25, 0.3) is 11.0 Å². The molecule has 0 bridgehead atoms. The van der Waals surface area contributed by atoms with Gasteiger partial charge >= 0.3 is 5.97 Å². The number of halogens is 1. The van der Waals surface area contributed by atoms with Crippen LogP contribution in [0.2, 0.25) is 0 Å². The van der Waals surface area contributed by atoms with Gasteiger partial charge in [-0.2, -0.15) is 0 Å². The number of fused-ring (bicyclic) bond motifs is 1. The van der Waals surface area contributed by atoms with Crippen molar-refractivity contribution in [1.82, 2.24) is 19.9 Å². The lowest BCUT2D eigenvalue weighted by Crippen LogP contribution is -2.31. The molecule has 2 aromatic carbocycles. The molecule has 0 fully saturated rings. The zero-order valence-corrected chi connectivity index (χ0v) is 15.1. The number of rotatable bonds is 6. The molecule has 0 unspecified atom stereocenters. The molecule has 140 valence electrons. The SMILES string of the molecule is CCn1nnc2cc(C(=O)OCC(=O)N(C)Cc3ccccc3F)ccc21. The highest BCUT2D eigenvalue weighted by Gasteiger charge is 2.16. The normalized spacial score (nSPS) is 10.8. The van der Waals surface area contributed by atoms with E-state index in [1.54, 1.807) is 41.1 Å². The molecule has 0 saturated heterocycles. The van der Waals surface area contributed by atoms with Crippen LogP contribution in [0.15, 0.2) is 42.5 Å². The maximum absolute atomic E-state index is 13.7.